The molecular weight excluding hydrogens is 278 g/mol. The van der Waals surface area contributed by atoms with Gasteiger partial charge in [-0.3, -0.25) is 19.4 Å². The summed E-state index contributed by atoms with van der Waals surface area (Å²) in [5.41, 5.74) is 3.91. The lowest BCUT2D eigenvalue weighted by Gasteiger charge is -2.38. The maximum atomic E-state index is 12.1. The fraction of sp³-hybridized carbons (Fsp3) is 0.529. The van der Waals surface area contributed by atoms with E-state index < -0.39 is 0 Å². The minimum absolute atomic E-state index is 0.0508. The molecule has 0 saturated carbocycles. The van der Waals surface area contributed by atoms with E-state index in [9.17, 15) is 9.59 Å². The predicted octanol–water partition coefficient (Wildman–Crippen LogP) is 1.18. The molecule has 118 valence electrons. The van der Waals surface area contributed by atoms with Gasteiger partial charge in [0.1, 0.15) is 0 Å². The van der Waals surface area contributed by atoms with Crippen molar-refractivity contribution in [3.05, 3.63) is 29.3 Å². The number of imide groups is 1. The van der Waals surface area contributed by atoms with E-state index in [1.54, 1.807) is 7.05 Å². The number of nitrogens with zero attached hydrogens (tertiary/aromatic N) is 3. The van der Waals surface area contributed by atoms with Gasteiger partial charge < -0.3 is 4.90 Å². The highest BCUT2D eigenvalue weighted by Gasteiger charge is 2.40. The van der Waals surface area contributed by atoms with Crippen LogP contribution in [0, 0.1) is 13.8 Å². The molecule has 1 aromatic carbocycles. The third-order valence-corrected chi connectivity index (χ3v) is 5.03. The fourth-order valence-corrected chi connectivity index (χ4v) is 3.37. The topological polar surface area (TPSA) is 43.9 Å². The molecule has 2 amide bonds. The predicted molar refractivity (Wildman–Crippen MR) is 85.9 cm³/mol. The Hall–Kier alpha value is -1.88. The zero-order chi connectivity index (χ0) is 15.9. The number of carbonyl (C=O) groups excluding carboxylic acids is 2. The van der Waals surface area contributed by atoms with Crippen LogP contribution in [0.5, 0.6) is 0 Å². The Morgan fingerprint density at radius 1 is 1.05 bits per heavy atom. The Labute approximate surface area is 131 Å². The normalized spacial score (nSPS) is 23.5. The second kappa shape index (κ2) is 5.72. The molecule has 0 aromatic heterocycles. The number of amides is 2. The van der Waals surface area contributed by atoms with E-state index in [1.807, 2.05) is 0 Å². The van der Waals surface area contributed by atoms with Gasteiger partial charge in [-0.1, -0.05) is 12.1 Å². The number of anilines is 1. The number of likely N-dealkylation sites (tertiary alicyclic amines) is 1. The van der Waals surface area contributed by atoms with Crippen molar-refractivity contribution in [3.8, 4) is 0 Å². The second-order valence-electron chi connectivity index (χ2n) is 6.25. The third kappa shape index (κ3) is 2.50. The van der Waals surface area contributed by atoms with Crippen LogP contribution < -0.4 is 4.90 Å². The lowest BCUT2D eigenvalue weighted by Crippen LogP contribution is -2.52. The molecule has 1 aromatic rings. The van der Waals surface area contributed by atoms with Gasteiger partial charge in [0.05, 0.1) is 12.5 Å². The minimum atomic E-state index is -0.252. The van der Waals surface area contributed by atoms with Crippen LogP contribution in [0.25, 0.3) is 0 Å². The molecular formula is C17H23N3O2. The van der Waals surface area contributed by atoms with E-state index in [0.29, 0.717) is 6.42 Å². The van der Waals surface area contributed by atoms with E-state index in [-0.39, 0.29) is 17.9 Å². The van der Waals surface area contributed by atoms with Gasteiger partial charge in [0.25, 0.3) is 0 Å². The monoisotopic (exact) mass is 301 g/mol. The third-order valence-electron chi connectivity index (χ3n) is 5.03. The first kappa shape index (κ1) is 15.0. The summed E-state index contributed by atoms with van der Waals surface area (Å²) < 4.78 is 0. The van der Waals surface area contributed by atoms with E-state index in [0.717, 1.165) is 26.2 Å². The second-order valence-corrected chi connectivity index (χ2v) is 6.25. The number of benzene rings is 1. The summed E-state index contributed by atoms with van der Waals surface area (Å²) in [6.45, 7) is 7.73. The number of piperazine rings is 1. The van der Waals surface area contributed by atoms with Gasteiger partial charge in [0.2, 0.25) is 11.8 Å². The van der Waals surface area contributed by atoms with Crippen molar-refractivity contribution >= 4 is 17.5 Å². The van der Waals surface area contributed by atoms with Crippen molar-refractivity contribution in [3.63, 3.8) is 0 Å². The van der Waals surface area contributed by atoms with Crippen LogP contribution in [0.1, 0.15) is 17.5 Å². The maximum Gasteiger partial charge on any atom is 0.246 e. The van der Waals surface area contributed by atoms with Gasteiger partial charge >= 0.3 is 0 Å². The number of aryl methyl sites for hydroxylation is 1. The molecule has 0 N–H and O–H groups in total. The van der Waals surface area contributed by atoms with Crippen LogP contribution in [0.15, 0.2) is 18.2 Å². The molecule has 1 atom stereocenters. The quantitative estimate of drug-likeness (QED) is 0.770. The van der Waals surface area contributed by atoms with E-state index in [4.69, 9.17) is 0 Å². The first-order valence-corrected chi connectivity index (χ1v) is 7.84. The summed E-state index contributed by atoms with van der Waals surface area (Å²) >= 11 is 0. The molecule has 3 rings (SSSR count). The van der Waals surface area contributed by atoms with Gasteiger partial charge in [-0.25, -0.2) is 0 Å². The molecule has 0 aliphatic carbocycles. The molecule has 0 unspecified atom stereocenters. The SMILES string of the molecule is Cc1cccc(N2CCN([C@@H]3CC(=O)N(C)C3=O)CC2)c1C. The van der Waals surface area contributed by atoms with Crippen molar-refractivity contribution in [2.75, 3.05) is 38.1 Å². The summed E-state index contributed by atoms with van der Waals surface area (Å²) in [6, 6.07) is 6.14. The lowest BCUT2D eigenvalue weighted by atomic mass is 10.1. The molecule has 22 heavy (non-hydrogen) atoms. The Kier molecular flexibility index (Phi) is 3.91. The van der Waals surface area contributed by atoms with Crippen molar-refractivity contribution in [1.29, 1.82) is 0 Å². The Bertz CT molecular complexity index is 606. The standard InChI is InChI=1S/C17H23N3O2/c1-12-5-4-6-14(13(12)2)19-7-9-20(10-8-19)15-11-16(21)18(3)17(15)22/h4-6,15H,7-11H2,1-3H3/t15-/m1/s1. The van der Waals surface area contributed by atoms with Crippen LogP contribution in [0.4, 0.5) is 5.69 Å². The zero-order valence-corrected chi connectivity index (χ0v) is 13.5. The molecule has 5 nitrogen and oxygen atoms in total. The largest absolute Gasteiger partial charge is 0.369 e. The van der Waals surface area contributed by atoms with Gasteiger partial charge in [0.15, 0.2) is 0 Å². The number of likely N-dealkylation sites (N-methyl/N-ethyl adjacent to an activating group) is 1. The summed E-state index contributed by atoms with van der Waals surface area (Å²) in [5.74, 6) is -0.114. The number of hydrogen-bond donors (Lipinski definition) is 0. The highest BCUT2D eigenvalue weighted by molar-refractivity contribution is 6.05. The van der Waals surface area contributed by atoms with Gasteiger partial charge in [-0.05, 0) is 31.0 Å². The van der Waals surface area contributed by atoms with Gasteiger partial charge in [-0.2, -0.15) is 0 Å². The average Bonchev–Trinajstić information content (AvgIpc) is 2.78. The molecule has 0 spiro atoms. The van der Waals surface area contributed by atoms with Crippen LogP contribution in [0.3, 0.4) is 0 Å². The molecule has 0 radical (unpaired) electrons. The smallest absolute Gasteiger partial charge is 0.246 e. The Balaban J connectivity index is 1.67. The van der Waals surface area contributed by atoms with Crippen molar-refractivity contribution in [2.24, 2.45) is 0 Å². The maximum absolute atomic E-state index is 12.1. The lowest BCUT2D eigenvalue weighted by molar-refractivity contribution is -0.138. The average molecular weight is 301 g/mol. The molecule has 2 aliphatic heterocycles. The minimum Gasteiger partial charge on any atom is -0.369 e. The van der Waals surface area contributed by atoms with Crippen molar-refractivity contribution < 1.29 is 9.59 Å². The molecule has 2 saturated heterocycles. The van der Waals surface area contributed by atoms with Crippen molar-refractivity contribution in [2.45, 2.75) is 26.3 Å². The first-order valence-electron chi connectivity index (χ1n) is 7.84. The van der Waals surface area contributed by atoms with Gasteiger partial charge in [-0.15, -0.1) is 0 Å². The van der Waals surface area contributed by atoms with E-state index in [2.05, 4.69) is 41.8 Å². The molecule has 0 bridgehead atoms. The first-order chi connectivity index (χ1) is 10.5. The van der Waals surface area contributed by atoms with Crippen LogP contribution in [0.2, 0.25) is 0 Å². The zero-order valence-electron chi connectivity index (χ0n) is 13.5. The summed E-state index contributed by atoms with van der Waals surface area (Å²) in [7, 11) is 1.58. The molecule has 2 heterocycles. The van der Waals surface area contributed by atoms with Gasteiger partial charge in [0, 0.05) is 38.9 Å². The molecule has 2 fully saturated rings. The number of hydrogen-bond acceptors (Lipinski definition) is 4. The fourth-order valence-electron chi connectivity index (χ4n) is 3.37. The van der Waals surface area contributed by atoms with E-state index >= 15 is 0 Å². The highest BCUT2D eigenvalue weighted by atomic mass is 16.2. The molecule has 2 aliphatic rings. The number of carbonyl (C=O) groups is 2. The van der Waals surface area contributed by atoms with Crippen molar-refractivity contribution in [1.82, 2.24) is 9.80 Å². The highest BCUT2D eigenvalue weighted by Crippen LogP contribution is 2.25. The van der Waals surface area contributed by atoms with Crippen LogP contribution >= 0.6 is 0 Å². The Morgan fingerprint density at radius 2 is 1.73 bits per heavy atom. The van der Waals surface area contributed by atoms with E-state index in [1.165, 1.54) is 21.7 Å². The molecule has 5 heteroatoms. The number of rotatable bonds is 2. The summed E-state index contributed by atoms with van der Waals surface area (Å²) in [4.78, 5) is 29.6. The van der Waals surface area contributed by atoms with Crippen LogP contribution in [-0.4, -0.2) is 60.9 Å². The summed E-state index contributed by atoms with van der Waals surface area (Å²) in [5, 5.41) is 0. The Morgan fingerprint density at radius 3 is 2.32 bits per heavy atom. The summed E-state index contributed by atoms with van der Waals surface area (Å²) in [6.07, 6.45) is 0.332. The van der Waals surface area contributed by atoms with Crippen LogP contribution in [-0.2, 0) is 9.59 Å².